The molecule has 2 fully saturated rings. The van der Waals surface area contributed by atoms with Crippen molar-refractivity contribution in [3.05, 3.63) is 35.4 Å². The summed E-state index contributed by atoms with van der Waals surface area (Å²) in [7, 11) is 1.21. The van der Waals surface area contributed by atoms with Crippen molar-refractivity contribution in [3.8, 4) is 0 Å². The Morgan fingerprint density at radius 1 is 1.03 bits per heavy atom. The Morgan fingerprint density at radius 3 is 2.09 bits per heavy atom. The highest BCUT2D eigenvalue weighted by Crippen LogP contribution is 2.51. The van der Waals surface area contributed by atoms with Crippen molar-refractivity contribution in [3.63, 3.8) is 0 Å². The van der Waals surface area contributed by atoms with Gasteiger partial charge in [-0.2, -0.15) is 4.89 Å². The third kappa shape index (κ3) is 3.83. The van der Waals surface area contributed by atoms with Crippen LogP contribution in [0.2, 0.25) is 0 Å². The van der Waals surface area contributed by atoms with E-state index in [2.05, 4.69) is 4.74 Å². The largest absolute Gasteiger partial charge is 0.466 e. The van der Waals surface area contributed by atoms with Crippen molar-refractivity contribution in [1.29, 1.82) is 0 Å². The van der Waals surface area contributed by atoms with Gasteiger partial charge in [0.2, 0.25) is 5.79 Å². The van der Waals surface area contributed by atoms with E-state index in [1.54, 1.807) is 6.92 Å². The number of cyclic esters (lactones) is 2. The van der Waals surface area contributed by atoms with Gasteiger partial charge in [-0.1, -0.05) is 12.1 Å². The average molecular weight is 452 g/mol. The maximum Gasteiger partial charge on any atom is 0.357 e. The Kier molecular flexibility index (Phi) is 6.02. The fourth-order valence-electron chi connectivity index (χ4n) is 3.78. The zero-order valence-electron chi connectivity index (χ0n) is 18.2. The topological polar surface area (TPSA) is 144 Å². The molecule has 0 unspecified atom stereocenters. The van der Waals surface area contributed by atoms with Crippen LogP contribution >= 0.6 is 0 Å². The average Bonchev–Trinajstić information content (AvgIpc) is 2.71. The number of ether oxygens (including phenoxy) is 4. The first-order valence-corrected chi connectivity index (χ1v) is 9.80. The van der Waals surface area contributed by atoms with Crippen LogP contribution in [0.15, 0.2) is 24.3 Å². The molecule has 0 amide bonds. The summed E-state index contributed by atoms with van der Waals surface area (Å²) in [5.74, 6) is -10.9. The van der Waals surface area contributed by atoms with Crippen molar-refractivity contribution >= 4 is 23.9 Å². The first-order valence-electron chi connectivity index (χ1n) is 9.80. The molecule has 0 aliphatic carbocycles. The second kappa shape index (κ2) is 8.15. The van der Waals surface area contributed by atoms with Crippen molar-refractivity contribution in [2.45, 2.75) is 50.8 Å². The quantitative estimate of drug-likeness (QED) is 0.302. The minimum Gasteiger partial charge on any atom is -0.466 e. The smallest absolute Gasteiger partial charge is 0.357 e. The van der Waals surface area contributed by atoms with E-state index in [-0.39, 0.29) is 17.7 Å². The fourth-order valence-corrected chi connectivity index (χ4v) is 3.78. The number of hydrogen-bond acceptors (Lipinski definition) is 11. The van der Waals surface area contributed by atoms with Crippen LogP contribution in [0.5, 0.6) is 0 Å². The lowest BCUT2D eigenvalue weighted by atomic mass is 9.69. The van der Waals surface area contributed by atoms with Gasteiger partial charge in [0.25, 0.3) is 5.79 Å². The van der Waals surface area contributed by atoms with E-state index in [1.807, 2.05) is 0 Å². The Labute approximate surface area is 183 Å². The van der Waals surface area contributed by atoms with Crippen LogP contribution in [0.4, 0.5) is 0 Å². The molecule has 0 radical (unpaired) electrons. The van der Waals surface area contributed by atoms with E-state index in [0.29, 0.717) is 0 Å². The van der Waals surface area contributed by atoms with Crippen LogP contribution in [0.25, 0.3) is 0 Å². The molecule has 0 saturated carbocycles. The third-order valence-electron chi connectivity index (χ3n) is 5.21. The third-order valence-corrected chi connectivity index (χ3v) is 5.21. The molecule has 1 spiro atoms. The molecule has 1 aromatic rings. The number of carbonyl (C=O) groups is 4. The van der Waals surface area contributed by atoms with Gasteiger partial charge in [0.15, 0.2) is 0 Å². The van der Waals surface area contributed by atoms with Crippen LogP contribution in [0, 0.1) is 5.92 Å². The summed E-state index contributed by atoms with van der Waals surface area (Å²) in [5, 5.41) is 10.8. The van der Waals surface area contributed by atoms with Crippen LogP contribution in [0.3, 0.4) is 0 Å². The highest BCUT2D eigenvalue weighted by atomic mass is 17.2. The van der Waals surface area contributed by atoms with Gasteiger partial charge in [0.05, 0.1) is 25.2 Å². The zero-order valence-corrected chi connectivity index (χ0v) is 18.2. The molecule has 2 saturated heterocycles. The Balaban J connectivity index is 2.20. The highest BCUT2D eigenvalue weighted by Gasteiger charge is 2.72. The van der Waals surface area contributed by atoms with Crippen LogP contribution in [-0.4, -0.2) is 59.9 Å². The van der Waals surface area contributed by atoms with E-state index in [9.17, 15) is 24.3 Å². The standard InChI is InChI=1S/C21H24O11/c1-6-28-16(23)14-13(11-7-9-12(10-8-11)15(22)27-5)21(32-31-20(14,4)26)17(24)29-19(2,3)30-18(21)25/h7-10,13-14,26H,6H2,1-5H3/t13-,14+,20+/m1/s1. The molecule has 174 valence electrons. The summed E-state index contributed by atoms with van der Waals surface area (Å²) in [6, 6.07) is 5.50. The van der Waals surface area contributed by atoms with Gasteiger partial charge in [-0.05, 0) is 31.5 Å². The van der Waals surface area contributed by atoms with E-state index in [1.165, 1.54) is 45.2 Å². The monoisotopic (exact) mass is 452 g/mol. The lowest BCUT2D eigenvalue weighted by Crippen LogP contribution is -2.70. The van der Waals surface area contributed by atoms with Gasteiger partial charge < -0.3 is 24.1 Å². The van der Waals surface area contributed by atoms with Crippen LogP contribution < -0.4 is 0 Å². The number of carbonyl (C=O) groups excluding carboxylic acids is 4. The van der Waals surface area contributed by atoms with Crippen molar-refractivity contribution < 1.29 is 53.0 Å². The summed E-state index contributed by atoms with van der Waals surface area (Å²) in [5.41, 5.74) is -2.23. The molecule has 2 aliphatic heterocycles. The Morgan fingerprint density at radius 2 is 1.59 bits per heavy atom. The molecule has 32 heavy (non-hydrogen) atoms. The summed E-state index contributed by atoms with van der Waals surface area (Å²) >= 11 is 0. The lowest BCUT2D eigenvalue weighted by Gasteiger charge is -2.50. The first-order chi connectivity index (χ1) is 14.9. The van der Waals surface area contributed by atoms with E-state index >= 15 is 0 Å². The molecule has 2 heterocycles. The Bertz CT molecular complexity index is 912. The zero-order chi connectivity index (χ0) is 23.9. The minimum absolute atomic E-state index is 0.0464. The van der Waals surface area contributed by atoms with E-state index < -0.39 is 52.9 Å². The van der Waals surface area contributed by atoms with Gasteiger partial charge in [0.1, 0.15) is 5.92 Å². The summed E-state index contributed by atoms with van der Waals surface area (Å²) < 4.78 is 20.2. The SMILES string of the molecule is CCOC(=O)[C@@H]1[C@@H](c2ccc(C(=O)OC)cc2)C2(OO[C@]1(C)O)C(=O)OC(C)(C)OC2=O. The predicted molar refractivity (Wildman–Crippen MR) is 102 cm³/mol. The Hall–Kier alpha value is -3.02. The van der Waals surface area contributed by atoms with E-state index in [0.717, 1.165) is 6.92 Å². The molecule has 0 bridgehead atoms. The number of rotatable bonds is 4. The summed E-state index contributed by atoms with van der Waals surface area (Å²) in [6.07, 6.45) is 0. The van der Waals surface area contributed by atoms with Gasteiger partial charge in [0, 0.05) is 13.8 Å². The molecule has 11 heteroatoms. The van der Waals surface area contributed by atoms with Gasteiger partial charge in [-0.3, -0.25) is 4.79 Å². The second-order valence-corrected chi connectivity index (χ2v) is 7.96. The number of methoxy groups -OCH3 is 1. The highest BCUT2D eigenvalue weighted by molar-refractivity contribution is 6.07. The molecule has 3 rings (SSSR count). The summed E-state index contributed by atoms with van der Waals surface area (Å²) in [6.45, 7) is 5.32. The first kappa shape index (κ1) is 23.6. The van der Waals surface area contributed by atoms with Crippen molar-refractivity contribution in [1.82, 2.24) is 0 Å². The molecule has 0 aromatic heterocycles. The molecule has 2 aliphatic rings. The van der Waals surface area contributed by atoms with Crippen molar-refractivity contribution in [2.75, 3.05) is 13.7 Å². The number of benzene rings is 1. The van der Waals surface area contributed by atoms with Gasteiger partial charge in [-0.25, -0.2) is 19.3 Å². The number of hydrogen-bond donors (Lipinski definition) is 1. The number of aliphatic hydroxyl groups is 1. The molecule has 1 N–H and O–H groups in total. The molecule has 11 nitrogen and oxygen atoms in total. The molecular formula is C21H24O11. The molecule has 3 atom stereocenters. The van der Waals surface area contributed by atoms with Gasteiger partial charge >= 0.3 is 29.5 Å². The number of esters is 4. The molecule has 1 aromatic carbocycles. The minimum atomic E-state index is -2.58. The molecular weight excluding hydrogens is 428 g/mol. The van der Waals surface area contributed by atoms with Crippen molar-refractivity contribution in [2.24, 2.45) is 5.92 Å². The van der Waals surface area contributed by atoms with Crippen LogP contribution in [-0.2, 0) is 43.1 Å². The maximum atomic E-state index is 13.1. The predicted octanol–water partition coefficient (Wildman–Crippen LogP) is 0.981. The summed E-state index contributed by atoms with van der Waals surface area (Å²) in [4.78, 5) is 61.0. The fraction of sp³-hybridized carbons (Fsp3) is 0.524. The maximum absolute atomic E-state index is 13.1. The van der Waals surface area contributed by atoms with Crippen LogP contribution in [0.1, 0.15) is 49.5 Å². The second-order valence-electron chi connectivity index (χ2n) is 7.96. The normalized spacial score (nSPS) is 28.4. The van der Waals surface area contributed by atoms with E-state index in [4.69, 9.17) is 24.0 Å². The lowest BCUT2D eigenvalue weighted by molar-refractivity contribution is -0.487. The van der Waals surface area contributed by atoms with Gasteiger partial charge in [-0.15, -0.1) is 0 Å².